The Kier molecular flexibility index (Phi) is 7.21. The topological polar surface area (TPSA) is 154 Å². The van der Waals surface area contributed by atoms with Crippen molar-refractivity contribution in [1.29, 1.82) is 0 Å². The molecule has 0 radical (unpaired) electrons. The van der Waals surface area contributed by atoms with E-state index in [4.69, 9.17) is 24.2 Å². The molecule has 6 rings (SSSR count). The maximum atomic E-state index is 10.6. The Morgan fingerprint density at radius 1 is 0.900 bits per heavy atom. The molecule has 1 atom stereocenters. The van der Waals surface area contributed by atoms with Gasteiger partial charge in [-0.3, -0.25) is 9.45 Å². The van der Waals surface area contributed by atoms with Crippen LogP contribution in [0.25, 0.3) is 21.5 Å². The average Bonchev–Trinajstić information content (AvgIpc) is 3.38. The fraction of sp³-hybridized carbons (Fsp3) is 0.276. The zero-order valence-electron chi connectivity index (χ0n) is 21.9. The van der Waals surface area contributed by atoms with Crippen molar-refractivity contribution in [3.05, 3.63) is 65.2 Å². The van der Waals surface area contributed by atoms with Crippen molar-refractivity contribution < 1.29 is 42.6 Å². The van der Waals surface area contributed by atoms with Gasteiger partial charge in [0.25, 0.3) is 10.1 Å². The number of aromatic hydroxyl groups is 2. The summed E-state index contributed by atoms with van der Waals surface area (Å²) in [4.78, 5) is 12.5. The SMILES string of the molecule is COc1cc2c3c(c4ccc(O)cc4c2cc1OC)CN1CCC[C@H]1C3.O=C(O)c1cc(S(=O)(=O)O)ccc1O. The zero-order valence-corrected chi connectivity index (χ0v) is 22.7. The highest BCUT2D eigenvalue weighted by Gasteiger charge is 2.32. The van der Waals surface area contributed by atoms with Gasteiger partial charge in [0.05, 0.1) is 19.1 Å². The fourth-order valence-electron chi connectivity index (χ4n) is 5.73. The van der Waals surface area contributed by atoms with Crippen LogP contribution in [-0.2, 0) is 23.1 Å². The van der Waals surface area contributed by atoms with Gasteiger partial charge in [-0.25, -0.2) is 4.79 Å². The lowest BCUT2D eigenvalue weighted by Crippen LogP contribution is -2.35. The van der Waals surface area contributed by atoms with Crippen LogP contribution in [0.3, 0.4) is 0 Å². The first-order chi connectivity index (χ1) is 19.0. The molecular formula is C29H29NO9S. The quantitative estimate of drug-likeness (QED) is 0.204. The van der Waals surface area contributed by atoms with Gasteiger partial charge in [-0.05, 0) is 101 Å². The Morgan fingerprint density at radius 3 is 2.23 bits per heavy atom. The summed E-state index contributed by atoms with van der Waals surface area (Å²) < 4.78 is 40.9. The molecule has 1 fully saturated rings. The molecule has 0 aliphatic carbocycles. The van der Waals surface area contributed by atoms with E-state index in [2.05, 4.69) is 23.1 Å². The predicted octanol–water partition coefficient (Wildman–Crippen LogP) is 4.57. The lowest BCUT2D eigenvalue weighted by molar-refractivity contribution is 0.0693. The van der Waals surface area contributed by atoms with Gasteiger partial charge in [-0.1, -0.05) is 6.07 Å². The van der Waals surface area contributed by atoms with Crippen LogP contribution < -0.4 is 9.47 Å². The number of carbonyl (C=O) groups is 1. The molecule has 1 saturated heterocycles. The number of aromatic carboxylic acids is 1. The van der Waals surface area contributed by atoms with Gasteiger partial charge < -0.3 is 24.8 Å². The van der Waals surface area contributed by atoms with Gasteiger partial charge in [0.2, 0.25) is 0 Å². The molecule has 40 heavy (non-hydrogen) atoms. The van der Waals surface area contributed by atoms with Gasteiger partial charge in [0.15, 0.2) is 11.5 Å². The summed E-state index contributed by atoms with van der Waals surface area (Å²) in [5.41, 5.74) is 2.25. The molecule has 2 heterocycles. The Labute approximate surface area is 230 Å². The molecule has 0 spiro atoms. The second-order valence-electron chi connectivity index (χ2n) is 9.87. The third kappa shape index (κ3) is 4.99. The van der Waals surface area contributed by atoms with Gasteiger partial charge in [-0.15, -0.1) is 0 Å². The number of carboxylic acid groups (broad SMARTS) is 1. The molecule has 4 aromatic carbocycles. The summed E-state index contributed by atoms with van der Waals surface area (Å²) in [6.07, 6.45) is 3.65. The molecule has 4 N–H and O–H groups in total. The van der Waals surface area contributed by atoms with Gasteiger partial charge >= 0.3 is 5.97 Å². The second-order valence-corrected chi connectivity index (χ2v) is 11.3. The molecular weight excluding hydrogens is 538 g/mol. The van der Waals surface area contributed by atoms with Crippen molar-refractivity contribution in [1.82, 2.24) is 4.90 Å². The largest absolute Gasteiger partial charge is 0.508 e. The molecule has 0 amide bonds. The summed E-state index contributed by atoms with van der Waals surface area (Å²) in [5.74, 6) is -0.264. The molecule has 0 unspecified atom stereocenters. The fourth-order valence-corrected chi connectivity index (χ4v) is 6.24. The smallest absolute Gasteiger partial charge is 0.339 e. The van der Waals surface area contributed by atoms with E-state index in [0.717, 1.165) is 47.4 Å². The number of rotatable bonds is 4. The number of carboxylic acids is 1. The number of fused-ring (bicyclic) bond motifs is 7. The maximum absolute atomic E-state index is 10.6. The van der Waals surface area contributed by atoms with E-state index in [-0.39, 0.29) is 0 Å². The zero-order chi connectivity index (χ0) is 28.8. The van der Waals surface area contributed by atoms with Crippen LogP contribution in [-0.4, -0.2) is 66.0 Å². The van der Waals surface area contributed by atoms with Gasteiger partial charge in [-0.2, -0.15) is 8.42 Å². The second kappa shape index (κ2) is 10.5. The van der Waals surface area contributed by atoms with Gasteiger partial charge in [0, 0.05) is 12.6 Å². The van der Waals surface area contributed by atoms with Crippen LogP contribution in [0.4, 0.5) is 0 Å². The molecule has 2 aliphatic rings. The lowest BCUT2D eigenvalue weighted by atomic mass is 9.85. The molecule has 0 aromatic heterocycles. The van der Waals surface area contributed by atoms with E-state index in [9.17, 15) is 18.3 Å². The standard InChI is InChI=1S/C22H23NO3.C7H6O6S/c1-25-21-10-18-16-8-13-4-3-7-23(13)12-20(16)15-6-5-14(24)9-17(15)19(18)11-22(21)26-2;8-6-2-1-4(14(11,12)13)3-5(6)7(9)10/h5-6,9-11,13,24H,3-4,7-8,12H2,1-2H3;1-3,8H,(H,9,10)(H,11,12,13)/t13-;/m0./s1. The number of ether oxygens (including phenoxy) is 2. The van der Waals surface area contributed by atoms with Crippen LogP contribution in [0.5, 0.6) is 23.0 Å². The summed E-state index contributed by atoms with van der Waals surface area (Å²) in [6, 6.07) is 13.0. The monoisotopic (exact) mass is 567 g/mol. The number of methoxy groups -OCH3 is 2. The third-order valence-corrected chi connectivity index (χ3v) is 8.48. The highest BCUT2D eigenvalue weighted by Crippen LogP contribution is 2.44. The molecule has 0 saturated carbocycles. The number of hydrogen-bond acceptors (Lipinski definition) is 8. The predicted molar refractivity (Wildman–Crippen MR) is 148 cm³/mol. The van der Waals surface area contributed by atoms with E-state index in [0.29, 0.717) is 17.9 Å². The first-order valence-corrected chi connectivity index (χ1v) is 14.1. The maximum Gasteiger partial charge on any atom is 0.339 e. The van der Waals surface area contributed by atoms with Crippen LogP contribution in [0.15, 0.2) is 53.4 Å². The molecule has 210 valence electrons. The highest BCUT2D eigenvalue weighted by molar-refractivity contribution is 7.85. The van der Waals surface area contributed by atoms with Crippen molar-refractivity contribution in [3.63, 3.8) is 0 Å². The summed E-state index contributed by atoms with van der Waals surface area (Å²) >= 11 is 0. The first-order valence-electron chi connectivity index (χ1n) is 12.6. The first kappa shape index (κ1) is 27.5. The molecule has 11 heteroatoms. The summed E-state index contributed by atoms with van der Waals surface area (Å²) in [7, 11) is -1.10. The highest BCUT2D eigenvalue weighted by atomic mass is 32.2. The van der Waals surface area contributed by atoms with E-state index in [1.807, 2.05) is 6.07 Å². The number of phenols is 2. The van der Waals surface area contributed by atoms with Crippen LogP contribution in [0.1, 0.15) is 34.3 Å². The van der Waals surface area contributed by atoms with Crippen LogP contribution in [0, 0.1) is 0 Å². The minimum atomic E-state index is -4.45. The van der Waals surface area contributed by atoms with Crippen molar-refractivity contribution in [2.75, 3.05) is 20.8 Å². The molecule has 4 aromatic rings. The lowest BCUT2D eigenvalue weighted by Gasteiger charge is -2.33. The molecule has 0 bridgehead atoms. The normalized spacial score (nSPS) is 16.6. The van der Waals surface area contributed by atoms with Crippen molar-refractivity contribution in [2.45, 2.75) is 36.7 Å². The molecule has 2 aliphatic heterocycles. The third-order valence-electron chi connectivity index (χ3n) is 7.63. The summed E-state index contributed by atoms with van der Waals surface area (Å²) in [5, 5.41) is 32.3. The van der Waals surface area contributed by atoms with E-state index < -0.39 is 32.3 Å². The number of hydrogen-bond donors (Lipinski definition) is 4. The van der Waals surface area contributed by atoms with E-state index in [1.165, 1.54) is 41.3 Å². The number of phenolic OH excluding ortho intramolecular Hbond substituents is 1. The van der Waals surface area contributed by atoms with Crippen molar-refractivity contribution in [3.8, 4) is 23.0 Å². The average molecular weight is 568 g/mol. The van der Waals surface area contributed by atoms with Crippen molar-refractivity contribution in [2.24, 2.45) is 0 Å². The van der Waals surface area contributed by atoms with Crippen molar-refractivity contribution >= 4 is 37.6 Å². The Balaban J connectivity index is 0.000000197. The Morgan fingerprint density at radius 2 is 1.57 bits per heavy atom. The van der Waals surface area contributed by atoms with E-state index in [1.54, 1.807) is 20.3 Å². The number of nitrogens with zero attached hydrogens (tertiary/aromatic N) is 1. The Hall–Kier alpha value is -4.06. The summed E-state index contributed by atoms with van der Waals surface area (Å²) in [6.45, 7) is 2.18. The van der Waals surface area contributed by atoms with Crippen LogP contribution in [0.2, 0.25) is 0 Å². The van der Waals surface area contributed by atoms with Gasteiger partial charge in [0.1, 0.15) is 17.1 Å². The molecule has 10 nitrogen and oxygen atoms in total. The Bertz CT molecular complexity index is 1750. The minimum Gasteiger partial charge on any atom is -0.508 e. The van der Waals surface area contributed by atoms with Crippen LogP contribution >= 0.6 is 0 Å². The minimum absolute atomic E-state index is 0.295. The number of benzene rings is 4. The van der Waals surface area contributed by atoms with E-state index >= 15 is 0 Å².